The molecule has 0 amide bonds. The summed E-state index contributed by atoms with van der Waals surface area (Å²) in [6, 6.07) is 9.36. The minimum atomic E-state index is 0.525. The van der Waals surface area contributed by atoms with Crippen LogP contribution >= 0.6 is 23.2 Å². The van der Waals surface area contributed by atoms with Crippen LogP contribution in [0.1, 0.15) is 43.1 Å². The van der Waals surface area contributed by atoms with E-state index in [1.807, 2.05) is 10.6 Å². The van der Waals surface area contributed by atoms with Crippen molar-refractivity contribution in [3.8, 4) is 6.07 Å². The summed E-state index contributed by atoms with van der Waals surface area (Å²) < 4.78 is 1.96. The zero-order valence-corrected chi connectivity index (χ0v) is 14.1. The molecule has 0 atom stereocenters. The van der Waals surface area contributed by atoms with Gasteiger partial charge in [0.1, 0.15) is 11.8 Å². The van der Waals surface area contributed by atoms with E-state index in [0.717, 1.165) is 36.9 Å². The van der Waals surface area contributed by atoms with Gasteiger partial charge in [-0.3, -0.25) is 0 Å². The van der Waals surface area contributed by atoms with Gasteiger partial charge in [0.2, 0.25) is 0 Å². The van der Waals surface area contributed by atoms with E-state index >= 15 is 0 Å². The highest BCUT2D eigenvalue weighted by Crippen LogP contribution is 2.26. The minimum absolute atomic E-state index is 0.525. The van der Waals surface area contributed by atoms with Gasteiger partial charge >= 0.3 is 0 Å². The molecule has 1 aromatic carbocycles. The standard InChI is InChI=1S/C17H19Cl2N3/c1-2-3-4-5-17-16(21)9-14(10-20)22(17)11-12-6-7-13(18)8-15(12)19/h6-9H,2-5,11,21H2,1H3. The lowest BCUT2D eigenvalue weighted by molar-refractivity contribution is 0.665. The summed E-state index contributed by atoms with van der Waals surface area (Å²) in [5.41, 5.74) is 9.27. The molecule has 0 fully saturated rings. The van der Waals surface area contributed by atoms with Gasteiger partial charge in [0.25, 0.3) is 0 Å². The molecule has 0 saturated heterocycles. The van der Waals surface area contributed by atoms with E-state index in [9.17, 15) is 5.26 Å². The number of nitrogen functional groups attached to an aromatic ring is 1. The first-order chi connectivity index (χ1) is 10.6. The fourth-order valence-electron chi connectivity index (χ4n) is 2.52. The molecule has 2 rings (SSSR count). The quantitative estimate of drug-likeness (QED) is 0.752. The van der Waals surface area contributed by atoms with Gasteiger partial charge in [-0.25, -0.2) is 0 Å². The van der Waals surface area contributed by atoms with Crippen LogP contribution in [0.3, 0.4) is 0 Å². The number of unbranched alkanes of at least 4 members (excludes halogenated alkanes) is 2. The Hall–Kier alpha value is -1.63. The van der Waals surface area contributed by atoms with Crippen molar-refractivity contribution < 1.29 is 0 Å². The zero-order valence-electron chi connectivity index (χ0n) is 12.6. The Kier molecular flexibility index (Phi) is 5.76. The second kappa shape index (κ2) is 7.58. The van der Waals surface area contributed by atoms with Crippen LogP contribution in [0.15, 0.2) is 24.3 Å². The molecule has 3 nitrogen and oxygen atoms in total. The van der Waals surface area contributed by atoms with Gasteiger partial charge in [0.05, 0.1) is 12.2 Å². The maximum atomic E-state index is 9.34. The van der Waals surface area contributed by atoms with Crippen molar-refractivity contribution in [3.63, 3.8) is 0 Å². The zero-order chi connectivity index (χ0) is 16.1. The first kappa shape index (κ1) is 16.7. The van der Waals surface area contributed by atoms with Gasteiger partial charge in [-0.15, -0.1) is 0 Å². The number of anilines is 1. The van der Waals surface area contributed by atoms with E-state index in [0.29, 0.717) is 28.0 Å². The van der Waals surface area contributed by atoms with E-state index in [1.165, 1.54) is 0 Å². The summed E-state index contributed by atoms with van der Waals surface area (Å²) in [5.74, 6) is 0. The largest absolute Gasteiger partial charge is 0.397 e. The molecule has 0 bridgehead atoms. The van der Waals surface area contributed by atoms with Crippen molar-refractivity contribution in [2.24, 2.45) is 0 Å². The van der Waals surface area contributed by atoms with Crippen molar-refractivity contribution >= 4 is 28.9 Å². The van der Waals surface area contributed by atoms with Crippen LogP contribution in [0.25, 0.3) is 0 Å². The van der Waals surface area contributed by atoms with Crippen molar-refractivity contribution in [1.82, 2.24) is 4.57 Å². The Morgan fingerprint density at radius 1 is 1.23 bits per heavy atom. The molecule has 1 aromatic heterocycles. The van der Waals surface area contributed by atoms with E-state index in [4.69, 9.17) is 28.9 Å². The lowest BCUT2D eigenvalue weighted by Crippen LogP contribution is -2.08. The fourth-order valence-corrected chi connectivity index (χ4v) is 2.99. The summed E-state index contributed by atoms with van der Waals surface area (Å²) in [5, 5.41) is 10.5. The van der Waals surface area contributed by atoms with Crippen LogP contribution in [0, 0.1) is 11.3 Å². The molecule has 0 unspecified atom stereocenters. The van der Waals surface area contributed by atoms with Gasteiger partial charge in [0, 0.05) is 15.7 Å². The van der Waals surface area contributed by atoms with Crippen molar-refractivity contribution in [3.05, 3.63) is 51.3 Å². The number of halogens is 2. The SMILES string of the molecule is CCCCCc1c(N)cc(C#N)n1Cc1ccc(Cl)cc1Cl. The van der Waals surface area contributed by atoms with E-state index in [-0.39, 0.29) is 0 Å². The smallest absolute Gasteiger partial charge is 0.122 e. The molecule has 0 aliphatic rings. The molecule has 0 aliphatic carbocycles. The molecular weight excluding hydrogens is 317 g/mol. The highest BCUT2D eigenvalue weighted by molar-refractivity contribution is 6.35. The second-order valence-electron chi connectivity index (χ2n) is 5.32. The molecule has 116 valence electrons. The molecule has 1 heterocycles. The van der Waals surface area contributed by atoms with Crippen molar-refractivity contribution in [2.75, 3.05) is 5.73 Å². The molecular formula is C17H19Cl2N3. The Bertz CT molecular complexity index is 699. The third-order valence-corrected chi connectivity index (χ3v) is 4.30. The van der Waals surface area contributed by atoms with Crippen molar-refractivity contribution in [2.45, 2.75) is 39.2 Å². The number of aromatic nitrogens is 1. The summed E-state index contributed by atoms with van der Waals surface area (Å²) in [4.78, 5) is 0. The van der Waals surface area contributed by atoms with E-state index in [2.05, 4.69) is 13.0 Å². The Morgan fingerprint density at radius 2 is 2.00 bits per heavy atom. The summed E-state index contributed by atoms with van der Waals surface area (Å²) in [6.45, 7) is 2.69. The van der Waals surface area contributed by atoms with E-state index in [1.54, 1.807) is 18.2 Å². The summed E-state index contributed by atoms with van der Waals surface area (Å²) >= 11 is 12.2. The number of hydrogen-bond acceptors (Lipinski definition) is 2. The topological polar surface area (TPSA) is 54.7 Å². The lowest BCUT2D eigenvalue weighted by atomic mass is 10.1. The number of benzene rings is 1. The highest BCUT2D eigenvalue weighted by Gasteiger charge is 2.14. The van der Waals surface area contributed by atoms with Gasteiger partial charge in [-0.2, -0.15) is 5.26 Å². The van der Waals surface area contributed by atoms with Gasteiger partial charge in [-0.1, -0.05) is 49.0 Å². The average molecular weight is 336 g/mol. The maximum absolute atomic E-state index is 9.34. The number of nitrogens with two attached hydrogens (primary N) is 1. The number of nitriles is 1. The van der Waals surface area contributed by atoms with Gasteiger partial charge in [-0.05, 0) is 36.6 Å². The molecule has 2 aromatic rings. The molecule has 0 aliphatic heterocycles. The first-order valence-corrected chi connectivity index (χ1v) is 8.14. The molecule has 0 saturated carbocycles. The first-order valence-electron chi connectivity index (χ1n) is 7.38. The van der Waals surface area contributed by atoms with Crippen LogP contribution in [0.4, 0.5) is 5.69 Å². The van der Waals surface area contributed by atoms with Crippen molar-refractivity contribution in [1.29, 1.82) is 5.26 Å². The second-order valence-corrected chi connectivity index (χ2v) is 6.17. The average Bonchev–Trinajstić information content (AvgIpc) is 2.78. The number of hydrogen-bond donors (Lipinski definition) is 1. The summed E-state index contributed by atoms with van der Waals surface area (Å²) in [6.07, 6.45) is 4.22. The molecule has 22 heavy (non-hydrogen) atoms. The molecule has 2 N–H and O–H groups in total. The summed E-state index contributed by atoms with van der Waals surface area (Å²) in [7, 11) is 0. The third kappa shape index (κ3) is 3.76. The van der Waals surface area contributed by atoms with Crippen LogP contribution in [0.2, 0.25) is 10.0 Å². The number of rotatable bonds is 6. The lowest BCUT2D eigenvalue weighted by Gasteiger charge is -2.13. The normalized spacial score (nSPS) is 10.6. The van der Waals surface area contributed by atoms with Gasteiger partial charge < -0.3 is 10.3 Å². The van der Waals surface area contributed by atoms with Crippen LogP contribution in [-0.2, 0) is 13.0 Å². The molecule has 0 radical (unpaired) electrons. The Morgan fingerprint density at radius 3 is 2.64 bits per heavy atom. The monoisotopic (exact) mass is 335 g/mol. The minimum Gasteiger partial charge on any atom is -0.397 e. The predicted octanol–water partition coefficient (Wildman–Crippen LogP) is 5.03. The Balaban J connectivity index is 2.34. The number of nitrogens with zero attached hydrogens (tertiary/aromatic N) is 2. The van der Waals surface area contributed by atoms with Gasteiger partial charge in [0.15, 0.2) is 0 Å². The maximum Gasteiger partial charge on any atom is 0.122 e. The Labute approximate surface area is 141 Å². The highest BCUT2D eigenvalue weighted by atomic mass is 35.5. The third-order valence-electron chi connectivity index (χ3n) is 3.72. The molecule has 5 heteroatoms. The van der Waals surface area contributed by atoms with Crippen LogP contribution in [0.5, 0.6) is 0 Å². The van der Waals surface area contributed by atoms with Crippen LogP contribution < -0.4 is 5.73 Å². The molecule has 0 spiro atoms. The predicted molar refractivity (Wildman–Crippen MR) is 92.4 cm³/mol. The van der Waals surface area contributed by atoms with E-state index < -0.39 is 0 Å². The fraction of sp³-hybridized carbons (Fsp3) is 0.353. The van der Waals surface area contributed by atoms with Crippen LogP contribution in [-0.4, -0.2) is 4.57 Å².